The minimum Gasteiger partial charge on any atom is -0.462 e. The van der Waals surface area contributed by atoms with Crippen molar-refractivity contribution in [3.8, 4) is 0 Å². The first-order valence-electron chi connectivity index (χ1n) is 9.61. The normalized spacial score (nSPS) is 20.2. The molecule has 29 heavy (non-hydrogen) atoms. The molecule has 158 valence electrons. The largest absolute Gasteiger partial charge is 0.462 e. The quantitative estimate of drug-likeness (QED) is 0.425. The summed E-state index contributed by atoms with van der Waals surface area (Å²) in [6.07, 6.45) is 7.10. The van der Waals surface area contributed by atoms with Crippen LogP contribution in [-0.2, 0) is 19.4 Å². The Morgan fingerprint density at radius 1 is 1.24 bits per heavy atom. The van der Waals surface area contributed by atoms with Crippen LogP contribution in [0.4, 0.5) is 0 Å². The van der Waals surface area contributed by atoms with Crippen molar-refractivity contribution in [2.75, 3.05) is 5.75 Å². The molecule has 1 aromatic rings. The number of allylic oxidation sites excluding steroid dienone is 4. The molecule has 4 nitrogen and oxygen atoms in total. The van der Waals surface area contributed by atoms with Gasteiger partial charge in [-0.25, -0.2) is 8.42 Å². The summed E-state index contributed by atoms with van der Waals surface area (Å²) in [5, 5.41) is 0.508. The summed E-state index contributed by atoms with van der Waals surface area (Å²) >= 11 is 5.83. The van der Waals surface area contributed by atoms with Crippen molar-refractivity contribution in [3.63, 3.8) is 0 Å². The zero-order valence-electron chi connectivity index (χ0n) is 17.7. The van der Waals surface area contributed by atoms with Crippen molar-refractivity contribution >= 4 is 27.4 Å². The summed E-state index contributed by atoms with van der Waals surface area (Å²) in [5.74, 6) is -0.320. The van der Waals surface area contributed by atoms with Crippen molar-refractivity contribution < 1.29 is 17.9 Å². The predicted octanol–water partition coefficient (Wildman–Crippen LogP) is 5.68. The Bertz CT molecular complexity index is 951. The highest BCUT2D eigenvalue weighted by Crippen LogP contribution is 2.42. The molecule has 0 unspecified atom stereocenters. The summed E-state index contributed by atoms with van der Waals surface area (Å²) in [6.45, 7) is 9.65. The van der Waals surface area contributed by atoms with Crippen LogP contribution in [0.1, 0.15) is 47.5 Å². The first-order valence-corrected chi connectivity index (χ1v) is 11.6. The molecular weight excluding hydrogens is 408 g/mol. The number of benzene rings is 1. The van der Waals surface area contributed by atoms with Crippen LogP contribution in [0.15, 0.2) is 64.1 Å². The fourth-order valence-corrected chi connectivity index (χ4v) is 5.08. The van der Waals surface area contributed by atoms with E-state index in [4.69, 9.17) is 16.3 Å². The Kier molecular flexibility index (Phi) is 7.52. The van der Waals surface area contributed by atoms with Gasteiger partial charge in [0.05, 0.1) is 10.6 Å². The predicted molar refractivity (Wildman–Crippen MR) is 118 cm³/mol. The molecule has 2 rings (SSSR count). The van der Waals surface area contributed by atoms with Gasteiger partial charge in [-0.1, -0.05) is 54.8 Å². The van der Waals surface area contributed by atoms with Crippen molar-refractivity contribution in [1.82, 2.24) is 0 Å². The summed E-state index contributed by atoms with van der Waals surface area (Å²) in [5.41, 5.74) is 3.13. The van der Waals surface area contributed by atoms with Gasteiger partial charge in [-0.3, -0.25) is 4.79 Å². The first kappa shape index (κ1) is 23.4. The SMILES string of the molecule is CC(=O)O[C@@H]1CC(C)=C(C=CC(C)=CCS(=O)(=O)c2ccc(Cl)cc2)C(C)(C)C1. The van der Waals surface area contributed by atoms with E-state index in [2.05, 4.69) is 26.8 Å². The molecule has 0 saturated carbocycles. The average Bonchev–Trinajstić information content (AvgIpc) is 2.58. The van der Waals surface area contributed by atoms with E-state index in [1.54, 1.807) is 18.2 Å². The van der Waals surface area contributed by atoms with E-state index in [0.29, 0.717) is 5.02 Å². The van der Waals surface area contributed by atoms with Gasteiger partial charge in [0.2, 0.25) is 0 Å². The summed E-state index contributed by atoms with van der Waals surface area (Å²) in [6, 6.07) is 6.20. The van der Waals surface area contributed by atoms with E-state index in [1.165, 1.54) is 30.2 Å². The molecule has 1 atom stereocenters. The molecule has 0 spiro atoms. The van der Waals surface area contributed by atoms with E-state index < -0.39 is 9.84 Å². The zero-order chi connectivity index (χ0) is 21.8. The number of hydrogen-bond acceptors (Lipinski definition) is 4. The molecule has 1 aliphatic rings. The lowest BCUT2D eigenvalue weighted by Gasteiger charge is -2.37. The van der Waals surface area contributed by atoms with Crippen LogP contribution in [0.3, 0.4) is 0 Å². The van der Waals surface area contributed by atoms with Crippen LogP contribution in [0.2, 0.25) is 5.02 Å². The summed E-state index contributed by atoms with van der Waals surface area (Å²) in [7, 11) is -3.40. The van der Waals surface area contributed by atoms with Gasteiger partial charge in [0.25, 0.3) is 0 Å². The van der Waals surface area contributed by atoms with E-state index in [1.807, 2.05) is 13.0 Å². The van der Waals surface area contributed by atoms with E-state index >= 15 is 0 Å². The Hall–Kier alpha value is -1.85. The molecule has 1 aromatic carbocycles. The van der Waals surface area contributed by atoms with Crippen molar-refractivity contribution in [3.05, 3.63) is 64.2 Å². The number of sulfone groups is 1. The number of halogens is 1. The number of rotatable bonds is 6. The number of esters is 1. The van der Waals surface area contributed by atoms with E-state index in [9.17, 15) is 13.2 Å². The Balaban J connectivity index is 2.13. The van der Waals surface area contributed by atoms with Crippen molar-refractivity contribution in [1.29, 1.82) is 0 Å². The molecule has 0 amide bonds. The Morgan fingerprint density at radius 3 is 2.41 bits per heavy atom. The van der Waals surface area contributed by atoms with Gasteiger partial charge in [0, 0.05) is 18.4 Å². The fraction of sp³-hybridized carbons (Fsp3) is 0.435. The third-order valence-electron chi connectivity index (χ3n) is 5.10. The number of carbonyl (C=O) groups is 1. The fourth-order valence-electron chi connectivity index (χ4n) is 3.73. The minimum atomic E-state index is -3.40. The topological polar surface area (TPSA) is 60.4 Å². The van der Waals surface area contributed by atoms with Crippen molar-refractivity contribution in [2.45, 2.75) is 58.5 Å². The van der Waals surface area contributed by atoms with Crippen LogP contribution >= 0.6 is 11.6 Å². The van der Waals surface area contributed by atoms with Crippen LogP contribution in [-0.4, -0.2) is 26.2 Å². The third kappa shape index (κ3) is 6.58. The second-order valence-electron chi connectivity index (χ2n) is 8.23. The Morgan fingerprint density at radius 2 is 1.86 bits per heavy atom. The molecular formula is C23H29ClO4S. The second kappa shape index (κ2) is 9.31. The van der Waals surface area contributed by atoms with Crippen LogP contribution in [0.25, 0.3) is 0 Å². The minimum absolute atomic E-state index is 0.0687. The lowest BCUT2D eigenvalue weighted by atomic mass is 9.71. The molecule has 0 N–H and O–H groups in total. The average molecular weight is 437 g/mol. The maximum atomic E-state index is 12.5. The molecule has 6 heteroatoms. The first-order chi connectivity index (χ1) is 13.4. The highest BCUT2D eigenvalue weighted by Gasteiger charge is 2.33. The maximum absolute atomic E-state index is 12.5. The van der Waals surface area contributed by atoms with Crippen LogP contribution in [0, 0.1) is 5.41 Å². The third-order valence-corrected chi connectivity index (χ3v) is 6.95. The summed E-state index contributed by atoms with van der Waals surface area (Å²) in [4.78, 5) is 11.5. The highest BCUT2D eigenvalue weighted by atomic mass is 35.5. The molecule has 0 aromatic heterocycles. The van der Waals surface area contributed by atoms with Gasteiger partial charge < -0.3 is 4.74 Å². The van der Waals surface area contributed by atoms with E-state index in [-0.39, 0.29) is 28.1 Å². The van der Waals surface area contributed by atoms with Gasteiger partial charge in [-0.2, -0.15) is 0 Å². The van der Waals surface area contributed by atoms with Crippen LogP contribution < -0.4 is 0 Å². The monoisotopic (exact) mass is 436 g/mol. The molecule has 0 bridgehead atoms. The van der Waals surface area contributed by atoms with Gasteiger partial charge in [0.15, 0.2) is 9.84 Å². The van der Waals surface area contributed by atoms with Crippen LogP contribution in [0.5, 0.6) is 0 Å². The van der Waals surface area contributed by atoms with Gasteiger partial charge in [-0.15, -0.1) is 0 Å². The zero-order valence-corrected chi connectivity index (χ0v) is 19.2. The molecule has 0 heterocycles. The van der Waals surface area contributed by atoms with Gasteiger partial charge in [0.1, 0.15) is 6.10 Å². The smallest absolute Gasteiger partial charge is 0.302 e. The second-order valence-corrected chi connectivity index (χ2v) is 10.7. The number of ether oxygens (including phenoxy) is 1. The maximum Gasteiger partial charge on any atom is 0.302 e. The lowest BCUT2D eigenvalue weighted by molar-refractivity contribution is -0.147. The van der Waals surface area contributed by atoms with Gasteiger partial charge >= 0.3 is 5.97 Å². The lowest BCUT2D eigenvalue weighted by Crippen LogP contribution is -2.31. The highest BCUT2D eigenvalue weighted by molar-refractivity contribution is 7.91. The molecule has 0 fully saturated rings. The van der Waals surface area contributed by atoms with E-state index in [0.717, 1.165) is 18.4 Å². The summed E-state index contributed by atoms with van der Waals surface area (Å²) < 4.78 is 30.4. The van der Waals surface area contributed by atoms with Crippen molar-refractivity contribution in [2.24, 2.45) is 5.41 Å². The number of carbonyl (C=O) groups excluding carboxylic acids is 1. The molecule has 0 saturated heterocycles. The number of hydrogen-bond donors (Lipinski definition) is 0. The van der Waals surface area contributed by atoms with Gasteiger partial charge in [-0.05, 0) is 55.5 Å². The molecule has 0 aliphatic heterocycles. The Labute approximate surface area is 179 Å². The molecule has 0 radical (unpaired) electrons. The molecule has 1 aliphatic carbocycles. The standard InChI is InChI=1S/C23H29ClO4S/c1-16(12-13-29(26,27)21-9-7-19(24)8-10-21)6-11-22-17(2)14-20(28-18(3)25)15-23(22,4)5/h6-12,20H,13-15H2,1-5H3/t20-/m1/s1.